The lowest BCUT2D eigenvalue weighted by molar-refractivity contribution is -0.385. The molecule has 0 aliphatic rings. The Hall–Kier alpha value is -3.39. The zero-order chi connectivity index (χ0) is 19.2. The molecule has 1 heterocycles. The van der Waals surface area contributed by atoms with Crippen LogP contribution in [0.1, 0.15) is 17.5 Å². The predicted molar refractivity (Wildman–Crippen MR) is 105 cm³/mol. The van der Waals surface area contributed by atoms with Crippen LogP contribution in [0.2, 0.25) is 0 Å². The van der Waals surface area contributed by atoms with E-state index in [1.807, 2.05) is 35.7 Å². The molecule has 0 unspecified atom stereocenters. The van der Waals surface area contributed by atoms with Crippen molar-refractivity contribution in [2.45, 2.75) is 13.3 Å². The van der Waals surface area contributed by atoms with Gasteiger partial charge >= 0.3 is 0 Å². The lowest BCUT2D eigenvalue weighted by Gasteiger charge is -2.03. The molecule has 1 amide bonds. The summed E-state index contributed by atoms with van der Waals surface area (Å²) >= 11 is 1.40. The average Bonchev–Trinajstić information content (AvgIpc) is 3.15. The van der Waals surface area contributed by atoms with Gasteiger partial charge < -0.3 is 0 Å². The Balaban J connectivity index is 1.66. The number of hydrogen-bond acceptors (Lipinski definition) is 6. The van der Waals surface area contributed by atoms with Crippen LogP contribution in [0.3, 0.4) is 0 Å². The Bertz CT molecular complexity index is 999. The van der Waals surface area contributed by atoms with Gasteiger partial charge in [0.05, 0.1) is 28.3 Å². The SMILES string of the molecule is C/C(=N/NC(=O)Cc1nc(-c2ccccc2)cs1)c1ccccc1[N+](=O)[O-]. The van der Waals surface area contributed by atoms with Crippen molar-refractivity contribution in [1.82, 2.24) is 10.4 Å². The highest BCUT2D eigenvalue weighted by atomic mass is 32.1. The number of nitrogens with one attached hydrogen (secondary N) is 1. The third-order valence-electron chi connectivity index (χ3n) is 3.77. The Morgan fingerprint density at radius 1 is 1.19 bits per heavy atom. The van der Waals surface area contributed by atoms with Gasteiger partial charge in [0, 0.05) is 17.0 Å². The molecule has 27 heavy (non-hydrogen) atoms. The smallest absolute Gasteiger partial charge is 0.273 e. The second kappa shape index (κ2) is 8.33. The number of nitrogens with zero attached hydrogens (tertiary/aromatic N) is 3. The van der Waals surface area contributed by atoms with E-state index in [0.717, 1.165) is 11.3 Å². The van der Waals surface area contributed by atoms with Crippen LogP contribution in [-0.4, -0.2) is 21.5 Å². The van der Waals surface area contributed by atoms with Crippen molar-refractivity contribution in [2.75, 3.05) is 0 Å². The number of hydrogen-bond donors (Lipinski definition) is 1. The van der Waals surface area contributed by atoms with Crippen LogP contribution in [0, 0.1) is 10.1 Å². The Kier molecular flexibility index (Phi) is 5.68. The summed E-state index contributed by atoms with van der Waals surface area (Å²) in [5.41, 5.74) is 4.92. The molecular formula is C19H16N4O3S. The van der Waals surface area contributed by atoms with Gasteiger partial charge in [-0.15, -0.1) is 11.3 Å². The fraction of sp³-hybridized carbons (Fsp3) is 0.105. The quantitative estimate of drug-likeness (QED) is 0.399. The molecule has 0 spiro atoms. The molecule has 0 saturated heterocycles. The van der Waals surface area contributed by atoms with Crippen LogP contribution in [0.25, 0.3) is 11.3 Å². The van der Waals surface area contributed by atoms with Crippen molar-refractivity contribution < 1.29 is 9.72 Å². The first-order chi connectivity index (χ1) is 13.0. The highest BCUT2D eigenvalue weighted by Crippen LogP contribution is 2.22. The lowest BCUT2D eigenvalue weighted by Crippen LogP contribution is -2.21. The third kappa shape index (κ3) is 4.62. The molecular weight excluding hydrogens is 364 g/mol. The van der Waals surface area contributed by atoms with E-state index in [1.54, 1.807) is 25.1 Å². The van der Waals surface area contributed by atoms with Gasteiger partial charge in [-0.25, -0.2) is 10.4 Å². The maximum absolute atomic E-state index is 12.1. The van der Waals surface area contributed by atoms with Gasteiger partial charge in [0.15, 0.2) is 0 Å². The van der Waals surface area contributed by atoms with Gasteiger partial charge in [-0.3, -0.25) is 14.9 Å². The molecule has 2 aromatic carbocycles. The fourth-order valence-corrected chi connectivity index (χ4v) is 3.26. The summed E-state index contributed by atoms with van der Waals surface area (Å²) in [6.45, 7) is 1.61. The van der Waals surface area contributed by atoms with Crippen LogP contribution in [0.5, 0.6) is 0 Å². The summed E-state index contributed by atoms with van der Waals surface area (Å²) in [4.78, 5) is 27.2. The lowest BCUT2D eigenvalue weighted by atomic mass is 10.1. The molecule has 0 bridgehead atoms. The molecule has 7 nitrogen and oxygen atoms in total. The number of nitro benzene ring substituents is 1. The predicted octanol–water partition coefficient (Wildman–Crippen LogP) is 3.80. The molecule has 0 radical (unpaired) electrons. The molecule has 0 aliphatic heterocycles. The number of para-hydroxylation sites is 1. The van der Waals surface area contributed by atoms with Crippen molar-refractivity contribution >= 4 is 28.6 Å². The summed E-state index contributed by atoms with van der Waals surface area (Å²) in [6, 6.07) is 16.0. The van der Waals surface area contributed by atoms with Gasteiger partial charge in [-0.05, 0) is 13.0 Å². The average molecular weight is 380 g/mol. The fourth-order valence-electron chi connectivity index (χ4n) is 2.46. The maximum atomic E-state index is 12.1. The summed E-state index contributed by atoms with van der Waals surface area (Å²) < 4.78 is 0. The highest BCUT2D eigenvalue weighted by molar-refractivity contribution is 7.10. The number of thiazole rings is 1. The van der Waals surface area contributed by atoms with E-state index in [0.29, 0.717) is 16.3 Å². The topological polar surface area (TPSA) is 97.5 Å². The van der Waals surface area contributed by atoms with Crippen LogP contribution in [-0.2, 0) is 11.2 Å². The van der Waals surface area contributed by atoms with Crippen molar-refractivity contribution in [2.24, 2.45) is 5.10 Å². The second-order valence-corrected chi connectivity index (χ2v) is 6.62. The third-order valence-corrected chi connectivity index (χ3v) is 4.62. The van der Waals surface area contributed by atoms with E-state index in [2.05, 4.69) is 15.5 Å². The van der Waals surface area contributed by atoms with E-state index >= 15 is 0 Å². The normalized spacial score (nSPS) is 11.2. The van der Waals surface area contributed by atoms with E-state index in [1.165, 1.54) is 17.4 Å². The Morgan fingerprint density at radius 2 is 1.89 bits per heavy atom. The summed E-state index contributed by atoms with van der Waals surface area (Å²) in [7, 11) is 0. The largest absolute Gasteiger partial charge is 0.278 e. The van der Waals surface area contributed by atoms with Crippen LogP contribution < -0.4 is 5.43 Å². The molecule has 8 heteroatoms. The first-order valence-electron chi connectivity index (χ1n) is 8.11. The number of carbonyl (C=O) groups is 1. The van der Waals surface area contributed by atoms with Crippen molar-refractivity contribution in [1.29, 1.82) is 0 Å². The van der Waals surface area contributed by atoms with Gasteiger partial charge in [0.2, 0.25) is 5.91 Å². The molecule has 3 aromatic rings. The maximum Gasteiger partial charge on any atom is 0.278 e. The number of rotatable bonds is 6. The Morgan fingerprint density at radius 3 is 2.63 bits per heavy atom. The number of carbonyl (C=O) groups excluding carboxylic acids is 1. The molecule has 3 rings (SSSR count). The molecule has 0 fully saturated rings. The van der Waals surface area contributed by atoms with E-state index in [9.17, 15) is 14.9 Å². The van der Waals surface area contributed by atoms with Crippen LogP contribution in [0.15, 0.2) is 65.1 Å². The van der Waals surface area contributed by atoms with Gasteiger partial charge in [0.25, 0.3) is 5.69 Å². The minimum Gasteiger partial charge on any atom is -0.273 e. The minimum atomic E-state index is -0.475. The van der Waals surface area contributed by atoms with Crippen LogP contribution in [0.4, 0.5) is 5.69 Å². The molecule has 1 N–H and O–H groups in total. The van der Waals surface area contributed by atoms with E-state index < -0.39 is 4.92 Å². The second-order valence-electron chi connectivity index (χ2n) is 5.68. The highest BCUT2D eigenvalue weighted by Gasteiger charge is 2.15. The first-order valence-corrected chi connectivity index (χ1v) is 8.99. The summed E-state index contributed by atoms with van der Waals surface area (Å²) in [5, 5.41) is 17.6. The first kappa shape index (κ1) is 18.4. The summed E-state index contributed by atoms with van der Waals surface area (Å²) in [5.74, 6) is -0.332. The van der Waals surface area contributed by atoms with Gasteiger partial charge in [0.1, 0.15) is 5.01 Å². The minimum absolute atomic E-state index is 0.0552. The molecule has 0 aliphatic carbocycles. The van der Waals surface area contributed by atoms with Crippen molar-refractivity contribution in [3.63, 3.8) is 0 Å². The van der Waals surface area contributed by atoms with Crippen molar-refractivity contribution in [3.05, 3.63) is 80.7 Å². The number of aromatic nitrogens is 1. The molecule has 136 valence electrons. The number of hydrazone groups is 1. The van der Waals surface area contributed by atoms with Crippen LogP contribution >= 0.6 is 11.3 Å². The molecule has 1 aromatic heterocycles. The molecule has 0 saturated carbocycles. The Labute approximate surface area is 159 Å². The number of amides is 1. The van der Waals surface area contributed by atoms with Crippen molar-refractivity contribution in [3.8, 4) is 11.3 Å². The van der Waals surface area contributed by atoms with Gasteiger partial charge in [-0.1, -0.05) is 42.5 Å². The number of nitro groups is 1. The molecule has 0 atom stereocenters. The zero-order valence-electron chi connectivity index (χ0n) is 14.5. The van der Waals surface area contributed by atoms with E-state index in [-0.39, 0.29) is 18.0 Å². The number of benzene rings is 2. The zero-order valence-corrected chi connectivity index (χ0v) is 15.3. The van der Waals surface area contributed by atoms with Gasteiger partial charge in [-0.2, -0.15) is 5.10 Å². The standard InChI is InChI=1S/C19H16N4O3S/c1-13(15-9-5-6-10-17(15)23(25)26)21-22-18(24)11-19-20-16(12-27-19)14-7-3-2-4-8-14/h2-10,12H,11H2,1H3,(H,22,24)/b21-13-. The summed E-state index contributed by atoms with van der Waals surface area (Å²) in [6.07, 6.45) is 0.0885. The van der Waals surface area contributed by atoms with E-state index in [4.69, 9.17) is 0 Å². The monoisotopic (exact) mass is 380 g/mol.